The van der Waals surface area contributed by atoms with E-state index in [4.69, 9.17) is 4.42 Å². The van der Waals surface area contributed by atoms with Crippen LogP contribution in [0.1, 0.15) is 31.4 Å². The monoisotopic (exact) mass is 192 g/mol. The minimum Gasteiger partial charge on any atom is -0.432 e. The number of hydrogen-bond acceptors (Lipinski definition) is 3. The Labute approximate surface area is 83.9 Å². The van der Waals surface area contributed by atoms with Crippen LogP contribution >= 0.6 is 0 Å². The highest BCUT2D eigenvalue weighted by Crippen LogP contribution is 2.61. The zero-order chi connectivity index (χ0) is 9.60. The zero-order valence-corrected chi connectivity index (χ0v) is 8.55. The summed E-state index contributed by atoms with van der Waals surface area (Å²) in [5.41, 5.74) is 1.56. The molecule has 3 rings (SSSR count). The van der Waals surface area contributed by atoms with Crippen LogP contribution in [0.5, 0.6) is 0 Å². The van der Waals surface area contributed by atoms with Gasteiger partial charge in [-0.3, -0.25) is 0 Å². The van der Waals surface area contributed by atoms with E-state index in [0.717, 1.165) is 18.2 Å². The maximum atomic E-state index is 5.27. The molecule has 1 aromatic rings. The van der Waals surface area contributed by atoms with Crippen molar-refractivity contribution in [2.45, 2.75) is 32.6 Å². The number of rotatable bonds is 4. The average molecular weight is 192 g/mol. The fourth-order valence-corrected chi connectivity index (χ4v) is 2.27. The van der Waals surface area contributed by atoms with E-state index in [1.54, 1.807) is 6.26 Å². The predicted molar refractivity (Wildman–Crippen MR) is 54.1 cm³/mol. The van der Waals surface area contributed by atoms with Gasteiger partial charge in [-0.05, 0) is 43.9 Å². The van der Waals surface area contributed by atoms with Crippen LogP contribution in [0.3, 0.4) is 0 Å². The van der Waals surface area contributed by atoms with Gasteiger partial charge in [0.1, 0.15) is 6.26 Å². The fraction of sp³-hybridized carbons (Fsp3) is 0.727. The normalized spacial score (nSPS) is 23.5. The molecule has 1 N–H and O–H groups in total. The molecule has 14 heavy (non-hydrogen) atoms. The molecule has 2 aliphatic carbocycles. The molecule has 2 saturated carbocycles. The highest BCUT2D eigenvalue weighted by atomic mass is 16.4. The largest absolute Gasteiger partial charge is 0.432 e. The molecule has 3 heteroatoms. The minimum absolute atomic E-state index is 0.613. The smallest absolute Gasteiger partial charge is 0.294 e. The Morgan fingerprint density at radius 3 is 2.86 bits per heavy atom. The van der Waals surface area contributed by atoms with Crippen LogP contribution in [0.2, 0.25) is 0 Å². The van der Waals surface area contributed by atoms with E-state index in [0.29, 0.717) is 11.4 Å². The number of nitrogens with zero attached hydrogens (tertiary/aromatic N) is 1. The molecule has 2 aliphatic rings. The van der Waals surface area contributed by atoms with Crippen molar-refractivity contribution in [2.24, 2.45) is 11.3 Å². The summed E-state index contributed by atoms with van der Waals surface area (Å²) >= 11 is 0. The van der Waals surface area contributed by atoms with E-state index in [1.165, 1.54) is 25.7 Å². The molecule has 0 atom stereocenters. The maximum Gasteiger partial charge on any atom is 0.294 e. The first-order chi connectivity index (χ1) is 6.78. The van der Waals surface area contributed by atoms with Crippen molar-refractivity contribution < 1.29 is 4.42 Å². The van der Waals surface area contributed by atoms with Crippen LogP contribution in [-0.2, 0) is 0 Å². The lowest BCUT2D eigenvalue weighted by atomic mass is 10.0. The van der Waals surface area contributed by atoms with Crippen molar-refractivity contribution in [3.8, 4) is 0 Å². The number of nitrogens with one attached hydrogen (secondary N) is 1. The Hall–Kier alpha value is -0.990. The molecule has 0 spiro atoms. The van der Waals surface area contributed by atoms with Crippen LogP contribution in [-0.4, -0.2) is 11.5 Å². The molecule has 0 unspecified atom stereocenters. The molecule has 2 fully saturated rings. The molecular weight excluding hydrogens is 176 g/mol. The second-order valence-corrected chi connectivity index (χ2v) is 4.78. The van der Waals surface area contributed by atoms with E-state index < -0.39 is 0 Å². The molecule has 3 nitrogen and oxygen atoms in total. The number of aromatic nitrogens is 1. The van der Waals surface area contributed by atoms with Gasteiger partial charge in [-0.1, -0.05) is 0 Å². The minimum atomic E-state index is 0.613. The molecular formula is C11H16N2O. The molecule has 76 valence electrons. The van der Waals surface area contributed by atoms with Crippen molar-refractivity contribution >= 4 is 6.01 Å². The lowest BCUT2D eigenvalue weighted by Gasteiger charge is -2.13. The van der Waals surface area contributed by atoms with Crippen LogP contribution in [0.25, 0.3) is 0 Å². The number of anilines is 1. The summed E-state index contributed by atoms with van der Waals surface area (Å²) in [4.78, 5) is 4.24. The van der Waals surface area contributed by atoms with Gasteiger partial charge in [0, 0.05) is 6.54 Å². The third kappa shape index (κ3) is 1.41. The van der Waals surface area contributed by atoms with Crippen molar-refractivity contribution in [3.63, 3.8) is 0 Å². The summed E-state index contributed by atoms with van der Waals surface area (Å²) in [6.45, 7) is 3.00. The summed E-state index contributed by atoms with van der Waals surface area (Å²) in [6.07, 6.45) is 7.35. The standard InChI is InChI=1S/C11H16N2O/c1-8-6-14-10(13-8)12-7-11(4-5-11)9-2-3-9/h6,9H,2-5,7H2,1H3,(H,12,13). The van der Waals surface area contributed by atoms with Gasteiger partial charge in [-0.15, -0.1) is 0 Å². The first-order valence-electron chi connectivity index (χ1n) is 5.45. The van der Waals surface area contributed by atoms with E-state index in [1.807, 2.05) is 6.92 Å². The molecule has 0 radical (unpaired) electrons. The average Bonchev–Trinajstić information content (AvgIpc) is 3.03. The molecule has 0 bridgehead atoms. The van der Waals surface area contributed by atoms with E-state index in [-0.39, 0.29) is 0 Å². The van der Waals surface area contributed by atoms with Crippen LogP contribution in [0.4, 0.5) is 6.01 Å². The number of aryl methyl sites for hydroxylation is 1. The van der Waals surface area contributed by atoms with E-state index in [2.05, 4.69) is 10.3 Å². The third-order valence-electron chi connectivity index (χ3n) is 3.55. The van der Waals surface area contributed by atoms with Gasteiger partial charge in [0.25, 0.3) is 6.01 Å². The highest BCUT2D eigenvalue weighted by Gasteiger charge is 2.53. The lowest BCUT2D eigenvalue weighted by molar-refractivity contribution is 0.456. The molecule has 0 aliphatic heterocycles. The van der Waals surface area contributed by atoms with Gasteiger partial charge >= 0.3 is 0 Å². The first-order valence-corrected chi connectivity index (χ1v) is 5.45. The summed E-state index contributed by atoms with van der Waals surface area (Å²) in [5.74, 6) is 0.992. The summed E-state index contributed by atoms with van der Waals surface area (Å²) in [7, 11) is 0. The molecule has 1 aromatic heterocycles. The van der Waals surface area contributed by atoms with Gasteiger partial charge in [-0.2, -0.15) is 4.98 Å². The predicted octanol–water partition coefficient (Wildman–Crippen LogP) is 2.59. The Morgan fingerprint density at radius 1 is 1.57 bits per heavy atom. The van der Waals surface area contributed by atoms with Crippen LogP contribution in [0.15, 0.2) is 10.7 Å². The zero-order valence-electron chi connectivity index (χ0n) is 8.55. The first kappa shape index (κ1) is 8.33. The highest BCUT2D eigenvalue weighted by molar-refractivity contribution is 5.23. The number of oxazole rings is 1. The third-order valence-corrected chi connectivity index (χ3v) is 3.55. The van der Waals surface area contributed by atoms with Crippen LogP contribution < -0.4 is 5.32 Å². The Morgan fingerprint density at radius 2 is 2.36 bits per heavy atom. The van der Waals surface area contributed by atoms with Crippen molar-refractivity contribution in [3.05, 3.63) is 12.0 Å². The van der Waals surface area contributed by atoms with Gasteiger partial charge < -0.3 is 9.73 Å². The number of hydrogen-bond donors (Lipinski definition) is 1. The van der Waals surface area contributed by atoms with E-state index >= 15 is 0 Å². The summed E-state index contributed by atoms with van der Waals surface area (Å²) in [6, 6.07) is 0.689. The fourth-order valence-electron chi connectivity index (χ4n) is 2.27. The maximum absolute atomic E-state index is 5.27. The molecule has 0 amide bonds. The summed E-state index contributed by atoms with van der Waals surface area (Å²) in [5, 5.41) is 3.31. The molecule has 0 aromatic carbocycles. The quantitative estimate of drug-likeness (QED) is 0.796. The van der Waals surface area contributed by atoms with Gasteiger partial charge in [-0.25, -0.2) is 0 Å². The van der Waals surface area contributed by atoms with Crippen molar-refractivity contribution in [1.29, 1.82) is 0 Å². The molecule has 1 heterocycles. The van der Waals surface area contributed by atoms with Gasteiger partial charge in [0.05, 0.1) is 5.69 Å². The molecule has 0 saturated heterocycles. The topological polar surface area (TPSA) is 38.1 Å². The van der Waals surface area contributed by atoms with Gasteiger partial charge in [0.15, 0.2) is 0 Å². The second-order valence-electron chi connectivity index (χ2n) is 4.78. The summed E-state index contributed by atoms with van der Waals surface area (Å²) < 4.78 is 5.27. The Kier molecular flexibility index (Phi) is 1.64. The van der Waals surface area contributed by atoms with Gasteiger partial charge in [0.2, 0.25) is 0 Å². The second kappa shape index (κ2) is 2.75. The van der Waals surface area contributed by atoms with Crippen molar-refractivity contribution in [1.82, 2.24) is 4.98 Å². The Balaban J connectivity index is 1.59. The Bertz CT molecular complexity index is 337. The van der Waals surface area contributed by atoms with E-state index in [9.17, 15) is 0 Å². The van der Waals surface area contributed by atoms with Crippen molar-refractivity contribution in [2.75, 3.05) is 11.9 Å². The lowest BCUT2D eigenvalue weighted by Crippen LogP contribution is -2.17. The SMILES string of the molecule is Cc1coc(NCC2(C3CC3)CC2)n1. The van der Waals surface area contributed by atoms with Crippen LogP contribution in [0, 0.1) is 18.3 Å².